The summed E-state index contributed by atoms with van der Waals surface area (Å²) < 4.78 is 0. The highest BCUT2D eigenvalue weighted by atomic mass is 35.5. The molecule has 1 atom stereocenters. The number of nitrogens with one attached hydrogen (secondary N) is 2. The average Bonchev–Trinajstić information content (AvgIpc) is 2.46. The predicted molar refractivity (Wildman–Crippen MR) is 88.3 cm³/mol. The molecule has 1 saturated heterocycles. The first kappa shape index (κ1) is 16.8. The third-order valence-corrected chi connectivity index (χ3v) is 4.13. The van der Waals surface area contributed by atoms with Gasteiger partial charge in [-0.1, -0.05) is 11.6 Å². The molecule has 1 aliphatic heterocycles. The second-order valence-electron chi connectivity index (χ2n) is 5.86. The summed E-state index contributed by atoms with van der Waals surface area (Å²) in [4.78, 5) is 25.7. The van der Waals surface area contributed by atoms with Gasteiger partial charge in [0.15, 0.2) is 0 Å². The van der Waals surface area contributed by atoms with Gasteiger partial charge in [-0.2, -0.15) is 0 Å². The zero-order valence-corrected chi connectivity index (χ0v) is 13.7. The minimum atomic E-state index is -0.203. The van der Waals surface area contributed by atoms with Gasteiger partial charge in [-0.15, -0.1) is 0 Å². The third kappa shape index (κ3) is 4.71. The summed E-state index contributed by atoms with van der Waals surface area (Å²) >= 11 is 6.09. The molecule has 1 aromatic carbocycles. The first-order valence-corrected chi connectivity index (χ1v) is 7.87. The van der Waals surface area contributed by atoms with E-state index in [1.54, 1.807) is 18.2 Å². The lowest BCUT2D eigenvalue weighted by Gasteiger charge is -2.29. The van der Waals surface area contributed by atoms with Gasteiger partial charge in [-0.05, 0) is 50.6 Å². The Bertz CT molecular complexity index is 562. The van der Waals surface area contributed by atoms with Crippen LogP contribution in [-0.4, -0.2) is 43.4 Å². The van der Waals surface area contributed by atoms with Gasteiger partial charge in [-0.3, -0.25) is 9.59 Å². The van der Waals surface area contributed by atoms with Gasteiger partial charge in [0.05, 0.1) is 10.6 Å². The Morgan fingerprint density at radius 1 is 1.41 bits per heavy atom. The maximum Gasteiger partial charge on any atom is 0.252 e. The molecular weight excluding hydrogens is 302 g/mol. The van der Waals surface area contributed by atoms with E-state index in [2.05, 4.69) is 22.6 Å². The number of piperidine rings is 1. The van der Waals surface area contributed by atoms with Gasteiger partial charge in [0.1, 0.15) is 0 Å². The van der Waals surface area contributed by atoms with Gasteiger partial charge in [0, 0.05) is 25.7 Å². The molecule has 1 aromatic rings. The highest BCUT2D eigenvalue weighted by Crippen LogP contribution is 2.21. The number of rotatable bonds is 4. The summed E-state index contributed by atoms with van der Waals surface area (Å²) in [6.45, 7) is 4.19. The van der Waals surface area contributed by atoms with Crippen molar-refractivity contribution in [3.05, 3.63) is 28.8 Å². The number of halogens is 1. The molecule has 2 amide bonds. The number of hydrogen-bond donors (Lipinski definition) is 2. The number of nitrogens with zero attached hydrogens (tertiary/aromatic N) is 1. The monoisotopic (exact) mass is 323 g/mol. The molecule has 2 N–H and O–H groups in total. The fourth-order valence-electron chi connectivity index (χ4n) is 2.75. The fourth-order valence-corrected chi connectivity index (χ4v) is 2.96. The molecule has 22 heavy (non-hydrogen) atoms. The Hall–Kier alpha value is -1.59. The highest BCUT2D eigenvalue weighted by Gasteiger charge is 2.19. The van der Waals surface area contributed by atoms with Crippen LogP contribution in [-0.2, 0) is 4.79 Å². The molecule has 0 bridgehead atoms. The van der Waals surface area contributed by atoms with Crippen LogP contribution in [0.1, 0.15) is 30.1 Å². The molecule has 0 spiro atoms. The van der Waals surface area contributed by atoms with Crippen molar-refractivity contribution in [3.8, 4) is 0 Å². The summed E-state index contributed by atoms with van der Waals surface area (Å²) in [6, 6.07) is 4.90. The van der Waals surface area contributed by atoms with Crippen LogP contribution in [0, 0.1) is 5.92 Å². The van der Waals surface area contributed by atoms with Crippen LogP contribution in [0.5, 0.6) is 0 Å². The SMILES string of the molecule is CC(=O)Nc1ccc(Cl)c(C(=O)NCC2CCCN(C)C2)c1. The van der Waals surface area contributed by atoms with Crippen molar-refractivity contribution in [1.82, 2.24) is 10.2 Å². The second-order valence-corrected chi connectivity index (χ2v) is 6.26. The number of likely N-dealkylation sites (tertiary alicyclic amines) is 1. The molecule has 0 aromatic heterocycles. The van der Waals surface area contributed by atoms with Crippen molar-refractivity contribution in [2.45, 2.75) is 19.8 Å². The summed E-state index contributed by atoms with van der Waals surface area (Å²) in [5, 5.41) is 5.98. The minimum Gasteiger partial charge on any atom is -0.352 e. The normalized spacial score (nSPS) is 18.8. The van der Waals surface area contributed by atoms with Crippen LogP contribution in [0.3, 0.4) is 0 Å². The number of carbonyl (C=O) groups is 2. The summed E-state index contributed by atoms with van der Waals surface area (Å²) in [7, 11) is 2.10. The Labute approximate surface area is 136 Å². The molecule has 5 nitrogen and oxygen atoms in total. The number of anilines is 1. The van der Waals surface area contributed by atoms with Gasteiger partial charge >= 0.3 is 0 Å². The van der Waals surface area contributed by atoms with Crippen molar-refractivity contribution in [1.29, 1.82) is 0 Å². The van der Waals surface area contributed by atoms with Crippen LogP contribution in [0.4, 0.5) is 5.69 Å². The molecule has 0 aliphatic carbocycles. The van der Waals surface area contributed by atoms with Gasteiger partial charge in [0.25, 0.3) is 5.91 Å². The van der Waals surface area contributed by atoms with E-state index < -0.39 is 0 Å². The van der Waals surface area contributed by atoms with Crippen LogP contribution >= 0.6 is 11.6 Å². The van der Waals surface area contributed by atoms with E-state index in [1.807, 2.05) is 0 Å². The predicted octanol–water partition coefficient (Wildman–Crippen LogP) is 2.37. The van der Waals surface area contributed by atoms with Gasteiger partial charge < -0.3 is 15.5 Å². The van der Waals surface area contributed by atoms with Crippen molar-refractivity contribution in [3.63, 3.8) is 0 Å². The minimum absolute atomic E-state index is 0.182. The fraction of sp³-hybridized carbons (Fsp3) is 0.500. The molecule has 1 unspecified atom stereocenters. The maximum atomic E-state index is 12.3. The van der Waals surface area contributed by atoms with Crippen molar-refractivity contribution >= 4 is 29.1 Å². The standard InChI is InChI=1S/C16H22ClN3O2/c1-11(21)19-13-5-6-15(17)14(8-13)16(22)18-9-12-4-3-7-20(2)10-12/h5-6,8,12H,3-4,7,9-10H2,1-2H3,(H,18,22)(H,19,21). The lowest BCUT2D eigenvalue weighted by molar-refractivity contribution is -0.114. The van der Waals surface area contributed by atoms with Crippen LogP contribution in [0.2, 0.25) is 5.02 Å². The quantitative estimate of drug-likeness (QED) is 0.894. The molecule has 1 aliphatic rings. The molecule has 0 saturated carbocycles. The Morgan fingerprint density at radius 3 is 2.86 bits per heavy atom. The average molecular weight is 324 g/mol. The second kappa shape index (κ2) is 7.61. The molecule has 120 valence electrons. The summed E-state index contributed by atoms with van der Waals surface area (Å²) in [6.07, 6.45) is 2.29. The first-order chi connectivity index (χ1) is 10.5. The van der Waals surface area contributed by atoms with Crippen LogP contribution in [0.25, 0.3) is 0 Å². The van der Waals surface area contributed by atoms with E-state index in [9.17, 15) is 9.59 Å². The number of carbonyl (C=O) groups excluding carboxylic acids is 2. The smallest absolute Gasteiger partial charge is 0.252 e. The first-order valence-electron chi connectivity index (χ1n) is 7.49. The Kier molecular flexibility index (Phi) is 5.80. The zero-order chi connectivity index (χ0) is 16.1. The maximum absolute atomic E-state index is 12.3. The number of benzene rings is 1. The van der Waals surface area contributed by atoms with Gasteiger partial charge in [0.2, 0.25) is 5.91 Å². The van der Waals surface area contributed by atoms with Crippen molar-refractivity contribution in [2.75, 3.05) is 32.0 Å². The molecular formula is C16H22ClN3O2. The molecule has 2 rings (SSSR count). The van der Waals surface area contributed by atoms with E-state index in [1.165, 1.54) is 6.92 Å². The molecule has 1 fully saturated rings. The van der Waals surface area contributed by atoms with E-state index in [0.29, 0.717) is 28.7 Å². The third-order valence-electron chi connectivity index (χ3n) is 3.80. The topological polar surface area (TPSA) is 61.4 Å². The van der Waals surface area contributed by atoms with E-state index in [4.69, 9.17) is 11.6 Å². The molecule has 0 radical (unpaired) electrons. The van der Waals surface area contributed by atoms with Crippen molar-refractivity contribution in [2.24, 2.45) is 5.92 Å². The lowest BCUT2D eigenvalue weighted by Crippen LogP contribution is -2.39. The summed E-state index contributed by atoms with van der Waals surface area (Å²) in [5.74, 6) is 0.0874. The van der Waals surface area contributed by atoms with E-state index in [-0.39, 0.29) is 11.8 Å². The van der Waals surface area contributed by atoms with Crippen LogP contribution in [0.15, 0.2) is 18.2 Å². The Balaban J connectivity index is 1.97. The lowest BCUT2D eigenvalue weighted by atomic mass is 9.98. The summed E-state index contributed by atoms with van der Waals surface area (Å²) in [5.41, 5.74) is 0.955. The number of hydrogen-bond acceptors (Lipinski definition) is 3. The van der Waals surface area contributed by atoms with Gasteiger partial charge in [-0.25, -0.2) is 0 Å². The Morgan fingerprint density at radius 2 is 2.18 bits per heavy atom. The number of amides is 2. The molecule has 1 heterocycles. The van der Waals surface area contributed by atoms with E-state index in [0.717, 1.165) is 25.9 Å². The largest absolute Gasteiger partial charge is 0.352 e. The molecule has 6 heteroatoms. The van der Waals surface area contributed by atoms with E-state index >= 15 is 0 Å². The zero-order valence-electron chi connectivity index (χ0n) is 13.0. The van der Waals surface area contributed by atoms with Crippen LogP contribution < -0.4 is 10.6 Å². The highest BCUT2D eigenvalue weighted by molar-refractivity contribution is 6.34. The van der Waals surface area contributed by atoms with Crippen molar-refractivity contribution < 1.29 is 9.59 Å².